The Morgan fingerprint density at radius 2 is 0.962 bits per heavy atom. The fourth-order valence-electron chi connectivity index (χ4n) is 8.91. The first-order chi connectivity index (χ1) is 25.8. The standard InChI is InChI=1S/C48H28N4/c1-2-12-29(13-3-1)30-22-24-32(25-23-30)45-35-17-6-7-18-36(35)48(50-49-45)52-42-27-26-31-14-4-5-15-33(31)43(42)39-28-38-34-16-8-10-20-40(34)51-41-21-11-9-19-37(41)44(46(38)51)47(39)52/h1-28H. The van der Waals surface area contributed by atoms with E-state index in [0.29, 0.717) is 0 Å². The number of aromatic nitrogens is 4. The van der Waals surface area contributed by atoms with Crippen LogP contribution in [0, 0.1) is 0 Å². The van der Waals surface area contributed by atoms with E-state index in [1.165, 1.54) is 70.8 Å². The van der Waals surface area contributed by atoms with Gasteiger partial charge in [0, 0.05) is 48.7 Å². The third-order valence-corrected chi connectivity index (χ3v) is 11.1. The van der Waals surface area contributed by atoms with Crippen molar-refractivity contribution in [3.63, 3.8) is 0 Å². The van der Waals surface area contributed by atoms with Crippen LogP contribution in [0.4, 0.5) is 0 Å². The lowest BCUT2D eigenvalue weighted by Gasteiger charge is -2.13. The summed E-state index contributed by atoms with van der Waals surface area (Å²) in [6, 6.07) is 61.1. The van der Waals surface area contributed by atoms with Crippen molar-refractivity contribution in [3.8, 4) is 28.2 Å². The highest BCUT2D eigenvalue weighted by atomic mass is 15.2. The molecule has 0 aliphatic heterocycles. The van der Waals surface area contributed by atoms with E-state index < -0.39 is 0 Å². The molecule has 240 valence electrons. The number of para-hydroxylation sites is 2. The van der Waals surface area contributed by atoms with E-state index in [4.69, 9.17) is 10.2 Å². The molecule has 12 rings (SSSR count). The summed E-state index contributed by atoms with van der Waals surface area (Å²) < 4.78 is 4.86. The average molecular weight is 661 g/mol. The van der Waals surface area contributed by atoms with Crippen LogP contribution in [0.3, 0.4) is 0 Å². The Labute approximate surface area is 297 Å². The van der Waals surface area contributed by atoms with Gasteiger partial charge < -0.3 is 4.40 Å². The second kappa shape index (κ2) is 10.3. The van der Waals surface area contributed by atoms with E-state index in [9.17, 15) is 0 Å². The van der Waals surface area contributed by atoms with Gasteiger partial charge in [0.25, 0.3) is 0 Å². The molecule has 0 radical (unpaired) electrons. The molecule has 12 aromatic rings. The minimum atomic E-state index is 0.832. The van der Waals surface area contributed by atoms with E-state index in [1.807, 2.05) is 0 Å². The highest BCUT2D eigenvalue weighted by molar-refractivity contribution is 6.36. The first-order valence-corrected chi connectivity index (χ1v) is 17.8. The highest BCUT2D eigenvalue weighted by Gasteiger charge is 2.26. The Bertz CT molecular complexity index is 3390. The van der Waals surface area contributed by atoms with Gasteiger partial charge in [0.15, 0.2) is 5.82 Å². The molecule has 8 aromatic carbocycles. The molecule has 0 atom stereocenters. The molecule has 4 nitrogen and oxygen atoms in total. The summed E-state index contributed by atoms with van der Waals surface area (Å²) in [6.45, 7) is 0. The van der Waals surface area contributed by atoms with E-state index in [1.54, 1.807) is 0 Å². The fraction of sp³-hybridized carbons (Fsp3) is 0. The van der Waals surface area contributed by atoms with Crippen LogP contribution in [-0.4, -0.2) is 19.2 Å². The van der Waals surface area contributed by atoms with Crippen LogP contribution in [0.1, 0.15) is 0 Å². The molecule has 0 fully saturated rings. The van der Waals surface area contributed by atoms with Crippen LogP contribution in [0.2, 0.25) is 0 Å². The zero-order chi connectivity index (χ0) is 33.9. The van der Waals surface area contributed by atoms with Crippen molar-refractivity contribution in [2.24, 2.45) is 0 Å². The van der Waals surface area contributed by atoms with Crippen LogP contribution >= 0.6 is 0 Å². The smallest absolute Gasteiger partial charge is 0.168 e. The van der Waals surface area contributed by atoms with Crippen molar-refractivity contribution in [2.45, 2.75) is 0 Å². The summed E-state index contributed by atoms with van der Waals surface area (Å²) in [4.78, 5) is 0. The van der Waals surface area contributed by atoms with Crippen LogP contribution in [-0.2, 0) is 0 Å². The first-order valence-electron chi connectivity index (χ1n) is 17.8. The molecule has 0 saturated heterocycles. The summed E-state index contributed by atoms with van der Waals surface area (Å²) >= 11 is 0. The van der Waals surface area contributed by atoms with Gasteiger partial charge in [0.1, 0.15) is 5.69 Å². The number of fused-ring (bicyclic) bond motifs is 13. The van der Waals surface area contributed by atoms with Crippen LogP contribution < -0.4 is 0 Å². The molecule has 0 aliphatic rings. The second-order valence-electron chi connectivity index (χ2n) is 13.8. The monoisotopic (exact) mass is 660 g/mol. The van der Waals surface area contributed by atoms with Crippen molar-refractivity contribution in [1.29, 1.82) is 0 Å². The Kier molecular flexibility index (Phi) is 5.47. The third kappa shape index (κ3) is 3.60. The Morgan fingerprint density at radius 1 is 0.346 bits per heavy atom. The van der Waals surface area contributed by atoms with Gasteiger partial charge in [0.05, 0.1) is 27.6 Å². The zero-order valence-electron chi connectivity index (χ0n) is 28.0. The lowest BCUT2D eigenvalue weighted by molar-refractivity contribution is 0.978. The molecule has 4 aromatic heterocycles. The Hall–Kier alpha value is -7.04. The molecule has 0 aliphatic carbocycles. The Morgan fingerprint density at radius 3 is 1.77 bits per heavy atom. The Balaban J connectivity index is 1.23. The molecule has 0 unspecified atom stereocenters. The predicted molar refractivity (Wildman–Crippen MR) is 217 cm³/mol. The number of rotatable bonds is 3. The molecule has 0 spiro atoms. The van der Waals surface area contributed by atoms with Crippen molar-refractivity contribution in [2.75, 3.05) is 0 Å². The summed E-state index contributed by atoms with van der Waals surface area (Å²) in [7, 11) is 0. The van der Waals surface area contributed by atoms with Gasteiger partial charge in [-0.15, -0.1) is 10.2 Å². The minimum Gasteiger partial charge on any atom is -0.308 e. The average Bonchev–Trinajstić information content (AvgIpc) is 3.85. The van der Waals surface area contributed by atoms with Crippen molar-refractivity contribution in [3.05, 3.63) is 170 Å². The largest absolute Gasteiger partial charge is 0.308 e. The number of hydrogen-bond donors (Lipinski definition) is 0. The van der Waals surface area contributed by atoms with E-state index in [2.05, 4.69) is 179 Å². The number of benzene rings is 8. The zero-order valence-corrected chi connectivity index (χ0v) is 28.0. The van der Waals surface area contributed by atoms with Crippen molar-refractivity contribution < 1.29 is 0 Å². The van der Waals surface area contributed by atoms with Gasteiger partial charge in [0.2, 0.25) is 0 Å². The molecule has 0 bridgehead atoms. The maximum atomic E-state index is 5.16. The lowest BCUT2D eigenvalue weighted by Crippen LogP contribution is -2.03. The van der Waals surface area contributed by atoms with Gasteiger partial charge in [-0.25, -0.2) is 0 Å². The SMILES string of the molecule is c1ccc(-c2ccc(-c3nnc(-n4c5ccc6ccccc6c5c5cc6c7ccccc7n7c8ccccc8c(c54)c67)c4ccccc34)cc2)cc1. The van der Waals surface area contributed by atoms with E-state index in [-0.39, 0.29) is 0 Å². The fourth-order valence-corrected chi connectivity index (χ4v) is 8.91. The number of nitrogens with zero attached hydrogens (tertiary/aromatic N) is 4. The van der Waals surface area contributed by atoms with Crippen LogP contribution in [0.5, 0.6) is 0 Å². The molecule has 0 amide bonds. The quantitative estimate of drug-likeness (QED) is 0.189. The molecule has 4 heteroatoms. The van der Waals surface area contributed by atoms with Gasteiger partial charge in [-0.2, -0.15) is 0 Å². The summed E-state index contributed by atoms with van der Waals surface area (Å²) in [5, 5.41) is 22.3. The van der Waals surface area contributed by atoms with Crippen molar-refractivity contribution >= 4 is 81.4 Å². The van der Waals surface area contributed by atoms with E-state index >= 15 is 0 Å². The predicted octanol–water partition coefficient (Wildman–Crippen LogP) is 12.4. The number of hydrogen-bond acceptors (Lipinski definition) is 2. The first kappa shape index (κ1) is 27.7. The molecular formula is C48H28N4. The van der Waals surface area contributed by atoms with Gasteiger partial charge in [-0.05, 0) is 46.2 Å². The van der Waals surface area contributed by atoms with Gasteiger partial charge in [-0.3, -0.25) is 4.57 Å². The van der Waals surface area contributed by atoms with Crippen LogP contribution in [0.15, 0.2) is 170 Å². The second-order valence-corrected chi connectivity index (χ2v) is 13.8. The highest BCUT2D eigenvalue weighted by Crippen LogP contribution is 2.48. The van der Waals surface area contributed by atoms with Crippen LogP contribution in [0.25, 0.3) is 110 Å². The molecule has 52 heavy (non-hydrogen) atoms. The molecule has 0 saturated carbocycles. The topological polar surface area (TPSA) is 35.1 Å². The maximum Gasteiger partial charge on any atom is 0.168 e. The third-order valence-electron chi connectivity index (χ3n) is 11.1. The maximum absolute atomic E-state index is 5.16. The summed E-state index contributed by atoms with van der Waals surface area (Å²) in [5.41, 5.74) is 10.3. The summed E-state index contributed by atoms with van der Waals surface area (Å²) in [6.07, 6.45) is 0. The summed E-state index contributed by atoms with van der Waals surface area (Å²) in [5.74, 6) is 0.832. The lowest BCUT2D eigenvalue weighted by atomic mass is 10.00. The molecule has 0 N–H and O–H groups in total. The minimum absolute atomic E-state index is 0.832. The van der Waals surface area contributed by atoms with Gasteiger partial charge >= 0.3 is 0 Å². The molecular weight excluding hydrogens is 633 g/mol. The molecule has 4 heterocycles. The normalized spacial score (nSPS) is 12.2. The van der Waals surface area contributed by atoms with Crippen molar-refractivity contribution in [1.82, 2.24) is 19.2 Å². The van der Waals surface area contributed by atoms with Gasteiger partial charge in [-0.1, -0.05) is 146 Å². The van der Waals surface area contributed by atoms with E-state index in [0.717, 1.165) is 38.9 Å².